The van der Waals surface area contributed by atoms with Crippen LogP contribution in [0, 0.1) is 0 Å². The molecule has 6 nitrogen and oxygen atoms in total. The molecule has 1 amide bonds. The van der Waals surface area contributed by atoms with Crippen LogP contribution in [-0.4, -0.2) is 29.2 Å². The molecule has 0 aliphatic carbocycles. The Morgan fingerprint density at radius 3 is 3.00 bits per heavy atom. The number of nitrogens with one attached hydrogen (secondary N) is 2. The minimum absolute atomic E-state index is 0.296. The van der Waals surface area contributed by atoms with Gasteiger partial charge in [0.05, 0.1) is 24.5 Å². The van der Waals surface area contributed by atoms with Crippen LogP contribution >= 0.6 is 11.3 Å². The summed E-state index contributed by atoms with van der Waals surface area (Å²) < 4.78 is 4.68. The maximum Gasteiger partial charge on any atom is 0.350 e. The van der Waals surface area contributed by atoms with E-state index in [2.05, 4.69) is 20.3 Å². The van der Waals surface area contributed by atoms with E-state index in [1.807, 2.05) is 6.07 Å². The van der Waals surface area contributed by atoms with Crippen molar-refractivity contribution in [3.63, 3.8) is 0 Å². The second-order valence-corrected chi connectivity index (χ2v) is 5.20. The number of H-pyrrole nitrogens is 1. The standard InChI is InChI=1S/C14H11N3O3S/c1-20-14(19)12-10(4-5-21-12)16-13(18)8-2-3-9-7-15-17-11(9)6-8/h2-7H,1H3,(H,15,17)(H,16,18). The van der Waals surface area contributed by atoms with Gasteiger partial charge in [-0.25, -0.2) is 4.79 Å². The molecule has 2 aromatic heterocycles. The summed E-state index contributed by atoms with van der Waals surface area (Å²) in [7, 11) is 1.31. The minimum Gasteiger partial charge on any atom is -0.465 e. The molecule has 3 aromatic rings. The number of esters is 1. The molecular formula is C14H11N3O3S. The molecule has 0 bridgehead atoms. The molecular weight excluding hydrogens is 290 g/mol. The SMILES string of the molecule is COC(=O)c1sccc1NC(=O)c1ccc2cn[nH]c2c1. The van der Waals surface area contributed by atoms with Crippen molar-refractivity contribution in [2.75, 3.05) is 12.4 Å². The Labute approximate surface area is 123 Å². The number of benzene rings is 1. The van der Waals surface area contributed by atoms with Crippen molar-refractivity contribution >= 4 is 39.8 Å². The zero-order valence-electron chi connectivity index (χ0n) is 11.0. The number of aromatic nitrogens is 2. The van der Waals surface area contributed by atoms with Crippen LogP contribution in [0.1, 0.15) is 20.0 Å². The van der Waals surface area contributed by atoms with Crippen LogP contribution in [-0.2, 0) is 4.74 Å². The Morgan fingerprint density at radius 1 is 1.33 bits per heavy atom. The van der Waals surface area contributed by atoms with Gasteiger partial charge in [0.2, 0.25) is 0 Å². The zero-order chi connectivity index (χ0) is 14.8. The number of rotatable bonds is 3. The second kappa shape index (κ2) is 5.37. The number of amides is 1. The van der Waals surface area contributed by atoms with E-state index in [-0.39, 0.29) is 5.91 Å². The second-order valence-electron chi connectivity index (χ2n) is 4.28. The summed E-state index contributed by atoms with van der Waals surface area (Å²) in [5.41, 5.74) is 1.71. The minimum atomic E-state index is -0.468. The van der Waals surface area contributed by atoms with Gasteiger partial charge in [0.15, 0.2) is 0 Å². The van der Waals surface area contributed by atoms with Crippen LogP contribution in [0.2, 0.25) is 0 Å². The lowest BCUT2D eigenvalue weighted by molar-refractivity contribution is 0.0607. The molecule has 0 fully saturated rings. The number of anilines is 1. The van der Waals surface area contributed by atoms with Gasteiger partial charge >= 0.3 is 5.97 Å². The fourth-order valence-electron chi connectivity index (χ4n) is 1.93. The summed E-state index contributed by atoms with van der Waals surface area (Å²) in [6.45, 7) is 0. The third-order valence-corrected chi connectivity index (χ3v) is 3.88. The van der Waals surface area contributed by atoms with Gasteiger partial charge in [0.1, 0.15) is 4.88 Å². The molecule has 3 rings (SSSR count). The Balaban J connectivity index is 1.86. The molecule has 0 aliphatic heterocycles. The van der Waals surface area contributed by atoms with Gasteiger partial charge < -0.3 is 10.1 Å². The number of ether oxygens (including phenoxy) is 1. The van der Waals surface area contributed by atoms with Gasteiger partial charge in [0.25, 0.3) is 5.91 Å². The number of nitrogens with zero attached hydrogens (tertiary/aromatic N) is 1. The van der Waals surface area contributed by atoms with E-state index >= 15 is 0 Å². The summed E-state index contributed by atoms with van der Waals surface area (Å²) in [5.74, 6) is -0.764. The van der Waals surface area contributed by atoms with Crippen molar-refractivity contribution < 1.29 is 14.3 Å². The van der Waals surface area contributed by atoms with Crippen LogP contribution in [0.4, 0.5) is 5.69 Å². The van der Waals surface area contributed by atoms with Gasteiger partial charge in [-0.3, -0.25) is 9.89 Å². The summed E-state index contributed by atoms with van der Waals surface area (Å²) in [4.78, 5) is 24.2. The number of carbonyl (C=O) groups excluding carboxylic acids is 2. The van der Waals surface area contributed by atoms with E-state index in [1.165, 1.54) is 18.4 Å². The summed E-state index contributed by atoms with van der Waals surface area (Å²) in [5, 5.41) is 12.1. The normalized spacial score (nSPS) is 10.5. The molecule has 21 heavy (non-hydrogen) atoms. The molecule has 0 radical (unpaired) electrons. The lowest BCUT2D eigenvalue weighted by Gasteiger charge is -2.05. The van der Waals surface area contributed by atoms with E-state index in [9.17, 15) is 9.59 Å². The molecule has 7 heteroatoms. The molecule has 0 spiro atoms. The average molecular weight is 301 g/mol. The third-order valence-electron chi connectivity index (χ3n) is 2.99. The average Bonchev–Trinajstić information content (AvgIpc) is 3.14. The highest BCUT2D eigenvalue weighted by atomic mass is 32.1. The van der Waals surface area contributed by atoms with Gasteiger partial charge in [-0.05, 0) is 23.6 Å². The first kappa shape index (κ1) is 13.3. The van der Waals surface area contributed by atoms with Crippen molar-refractivity contribution in [3.8, 4) is 0 Å². The lowest BCUT2D eigenvalue weighted by Crippen LogP contribution is -2.13. The molecule has 106 valence electrons. The predicted octanol–water partition coefficient (Wildman–Crippen LogP) is 2.66. The van der Waals surface area contributed by atoms with Crippen LogP contribution in [0.15, 0.2) is 35.8 Å². The highest BCUT2D eigenvalue weighted by Gasteiger charge is 2.16. The summed E-state index contributed by atoms with van der Waals surface area (Å²) >= 11 is 1.22. The zero-order valence-corrected chi connectivity index (χ0v) is 11.9. The first-order valence-corrected chi connectivity index (χ1v) is 6.97. The van der Waals surface area contributed by atoms with Crippen molar-refractivity contribution in [2.45, 2.75) is 0 Å². The molecule has 0 unspecified atom stereocenters. The number of thiophene rings is 1. The maximum absolute atomic E-state index is 12.2. The highest BCUT2D eigenvalue weighted by Crippen LogP contribution is 2.24. The molecule has 2 heterocycles. The fraction of sp³-hybridized carbons (Fsp3) is 0.0714. The largest absolute Gasteiger partial charge is 0.465 e. The smallest absolute Gasteiger partial charge is 0.350 e. The third kappa shape index (κ3) is 2.50. The first-order valence-electron chi connectivity index (χ1n) is 6.09. The number of methoxy groups -OCH3 is 1. The van der Waals surface area contributed by atoms with Crippen molar-refractivity contribution in [1.82, 2.24) is 10.2 Å². The van der Waals surface area contributed by atoms with Crippen LogP contribution in [0.3, 0.4) is 0 Å². The van der Waals surface area contributed by atoms with Crippen molar-refractivity contribution in [3.05, 3.63) is 46.3 Å². The Kier molecular flexibility index (Phi) is 3.41. The number of fused-ring (bicyclic) bond motifs is 1. The van der Waals surface area contributed by atoms with Gasteiger partial charge in [0, 0.05) is 10.9 Å². The Hall–Kier alpha value is -2.67. The van der Waals surface area contributed by atoms with E-state index in [0.29, 0.717) is 16.1 Å². The summed E-state index contributed by atoms with van der Waals surface area (Å²) in [6.07, 6.45) is 1.69. The molecule has 0 saturated heterocycles. The Bertz CT molecular complexity index is 822. The van der Waals surface area contributed by atoms with Gasteiger partial charge in [-0.2, -0.15) is 5.10 Å². The highest BCUT2D eigenvalue weighted by molar-refractivity contribution is 7.12. The number of carbonyl (C=O) groups is 2. The van der Waals surface area contributed by atoms with Crippen LogP contribution in [0.25, 0.3) is 10.9 Å². The fourth-order valence-corrected chi connectivity index (χ4v) is 2.70. The molecule has 1 aromatic carbocycles. The van der Waals surface area contributed by atoms with E-state index in [4.69, 9.17) is 0 Å². The predicted molar refractivity (Wildman–Crippen MR) is 79.7 cm³/mol. The topological polar surface area (TPSA) is 84.1 Å². The van der Waals surface area contributed by atoms with Gasteiger partial charge in [-0.15, -0.1) is 11.3 Å². The molecule has 0 aliphatic rings. The molecule has 2 N–H and O–H groups in total. The van der Waals surface area contributed by atoms with Crippen molar-refractivity contribution in [2.24, 2.45) is 0 Å². The number of aromatic amines is 1. The van der Waals surface area contributed by atoms with E-state index in [1.54, 1.807) is 29.8 Å². The number of hydrogen-bond donors (Lipinski definition) is 2. The lowest BCUT2D eigenvalue weighted by atomic mass is 10.1. The van der Waals surface area contributed by atoms with E-state index in [0.717, 1.165) is 10.9 Å². The number of hydrogen-bond acceptors (Lipinski definition) is 5. The Morgan fingerprint density at radius 2 is 2.19 bits per heavy atom. The molecule has 0 saturated carbocycles. The summed E-state index contributed by atoms with van der Waals surface area (Å²) in [6, 6.07) is 6.89. The van der Waals surface area contributed by atoms with Crippen molar-refractivity contribution in [1.29, 1.82) is 0 Å². The van der Waals surface area contributed by atoms with Crippen LogP contribution in [0.5, 0.6) is 0 Å². The van der Waals surface area contributed by atoms with E-state index < -0.39 is 5.97 Å². The van der Waals surface area contributed by atoms with Gasteiger partial charge in [-0.1, -0.05) is 6.07 Å². The first-order chi connectivity index (χ1) is 10.2. The maximum atomic E-state index is 12.2. The monoisotopic (exact) mass is 301 g/mol. The molecule has 0 atom stereocenters. The quantitative estimate of drug-likeness (QED) is 0.728. The van der Waals surface area contributed by atoms with Crippen LogP contribution < -0.4 is 5.32 Å².